The zero-order valence-electron chi connectivity index (χ0n) is 16.2. The lowest BCUT2D eigenvalue weighted by Gasteiger charge is -2.25. The van der Waals surface area contributed by atoms with Gasteiger partial charge in [-0.25, -0.2) is 0 Å². The van der Waals surface area contributed by atoms with Crippen LogP contribution >= 0.6 is 0 Å². The molecule has 4 aromatic rings. The number of aromatic nitrogens is 1. The molecule has 3 heterocycles. The van der Waals surface area contributed by atoms with Gasteiger partial charge in [0, 0.05) is 18.9 Å². The number of fused-ring (bicyclic) bond motifs is 2. The van der Waals surface area contributed by atoms with Crippen molar-refractivity contribution < 1.29 is 13.9 Å². The number of nitrogens with zero attached hydrogens (tertiary/aromatic N) is 2. The molecule has 0 fully saturated rings. The average molecular weight is 398 g/mol. The number of ether oxygens (including phenoxy) is 1. The normalized spacial score (nSPS) is 15.4. The van der Waals surface area contributed by atoms with Gasteiger partial charge in [-0.1, -0.05) is 30.3 Å². The molecule has 0 saturated carbocycles. The lowest BCUT2D eigenvalue weighted by molar-refractivity contribution is 0.0714. The maximum Gasteiger partial charge on any atom is 0.291 e. The van der Waals surface area contributed by atoms with Crippen molar-refractivity contribution >= 4 is 16.9 Å². The summed E-state index contributed by atoms with van der Waals surface area (Å²) in [5, 5.41) is 0.458. The number of para-hydroxylation sites is 1. The van der Waals surface area contributed by atoms with Crippen molar-refractivity contribution in [3.63, 3.8) is 0 Å². The smallest absolute Gasteiger partial charge is 0.291 e. The second-order valence-corrected chi connectivity index (χ2v) is 7.14. The predicted molar refractivity (Wildman–Crippen MR) is 111 cm³/mol. The third-order valence-electron chi connectivity index (χ3n) is 5.36. The molecule has 1 aliphatic heterocycles. The molecule has 5 rings (SSSR count). The van der Waals surface area contributed by atoms with Crippen LogP contribution in [0.15, 0.2) is 82.3 Å². The maximum atomic E-state index is 13.4. The lowest BCUT2D eigenvalue weighted by atomic mass is 9.98. The van der Waals surface area contributed by atoms with Gasteiger partial charge in [0.25, 0.3) is 5.91 Å². The molecule has 6 heteroatoms. The van der Waals surface area contributed by atoms with Crippen molar-refractivity contribution in [2.45, 2.75) is 12.6 Å². The number of hydrogen-bond acceptors (Lipinski definition) is 5. The Kier molecular flexibility index (Phi) is 4.32. The summed E-state index contributed by atoms with van der Waals surface area (Å²) in [6.45, 7) is 0.300. The fourth-order valence-electron chi connectivity index (χ4n) is 3.98. The van der Waals surface area contributed by atoms with Gasteiger partial charge < -0.3 is 14.1 Å². The highest BCUT2D eigenvalue weighted by atomic mass is 16.5. The Hall–Kier alpha value is -3.93. The van der Waals surface area contributed by atoms with Crippen LogP contribution in [0.2, 0.25) is 0 Å². The molecule has 30 heavy (non-hydrogen) atoms. The molecule has 6 nitrogen and oxygen atoms in total. The quantitative estimate of drug-likeness (QED) is 0.521. The molecule has 2 aromatic heterocycles. The first kappa shape index (κ1) is 18.1. The van der Waals surface area contributed by atoms with Crippen molar-refractivity contribution in [3.05, 3.63) is 106 Å². The number of carbonyl (C=O) groups is 1. The Labute approximate surface area is 172 Å². The zero-order chi connectivity index (χ0) is 20.7. The molecule has 1 unspecified atom stereocenters. The number of carbonyl (C=O) groups excluding carboxylic acids is 1. The van der Waals surface area contributed by atoms with E-state index in [1.54, 1.807) is 48.7 Å². The second-order valence-electron chi connectivity index (χ2n) is 7.14. The number of methoxy groups -OCH3 is 1. The van der Waals surface area contributed by atoms with E-state index in [2.05, 4.69) is 4.98 Å². The van der Waals surface area contributed by atoms with Crippen LogP contribution in [0.1, 0.15) is 33.3 Å². The molecule has 0 radical (unpaired) electrons. The fourth-order valence-corrected chi connectivity index (χ4v) is 3.98. The predicted octanol–water partition coefficient (Wildman–Crippen LogP) is 3.94. The SMILES string of the molecule is COc1cccc(C2c3c(oc4ccccc4c3=O)C(=O)N2Cc2cccnc2)c1. The van der Waals surface area contributed by atoms with Gasteiger partial charge in [-0.15, -0.1) is 0 Å². The van der Waals surface area contributed by atoms with Gasteiger partial charge in [0.05, 0.1) is 24.1 Å². The van der Waals surface area contributed by atoms with Crippen LogP contribution in [0.25, 0.3) is 11.0 Å². The summed E-state index contributed by atoms with van der Waals surface area (Å²) in [7, 11) is 1.59. The molecular weight excluding hydrogens is 380 g/mol. The Balaban J connectivity index is 1.74. The van der Waals surface area contributed by atoms with E-state index < -0.39 is 6.04 Å². The number of benzene rings is 2. The first-order chi connectivity index (χ1) is 14.7. The van der Waals surface area contributed by atoms with Crippen LogP contribution in [0.4, 0.5) is 0 Å². The summed E-state index contributed by atoms with van der Waals surface area (Å²) in [4.78, 5) is 32.6. The van der Waals surface area contributed by atoms with Gasteiger partial charge in [0.2, 0.25) is 5.76 Å². The summed E-state index contributed by atoms with van der Waals surface area (Å²) in [6.07, 6.45) is 3.39. The second kappa shape index (κ2) is 7.15. The van der Waals surface area contributed by atoms with E-state index in [9.17, 15) is 9.59 Å². The Morgan fingerprint density at radius 2 is 1.93 bits per heavy atom. The van der Waals surface area contributed by atoms with Crippen LogP contribution < -0.4 is 10.2 Å². The van der Waals surface area contributed by atoms with E-state index in [4.69, 9.17) is 9.15 Å². The van der Waals surface area contributed by atoms with Gasteiger partial charge in [-0.2, -0.15) is 0 Å². The highest BCUT2D eigenvalue weighted by Crippen LogP contribution is 2.39. The minimum atomic E-state index is -0.580. The minimum Gasteiger partial charge on any atom is -0.497 e. The monoisotopic (exact) mass is 398 g/mol. The topological polar surface area (TPSA) is 72.6 Å². The van der Waals surface area contributed by atoms with Crippen LogP contribution in [0.3, 0.4) is 0 Å². The van der Waals surface area contributed by atoms with E-state index in [0.29, 0.717) is 28.8 Å². The molecular formula is C24H18N2O4. The van der Waals surface area contributed by atoms with E-state index >= 15 is 0 Å². The van der Waals surface area contributed by atoms with Crippen molar-refractivity contribution in [2.24, 2.45) is 0 Å². The summed E-state index contributed by atoms with van der Waals surface area (Å²) in [5.41, 5.74) is 2.22. The number of amides is 1. The highest BCUT2D eigenvalue weighted by Gasteiger charge is 2.42. The Morgan fingerprint density at radius 3 is 2.73 bits per heavy atom. The van der Waals surface area contributed by atoms with Gasteiger partial charge in [0.15, 0.2) is 5.43 Å². The lowest BCUT2D eigenvalue weighted by Crippen LogP contribution is -2.29. The maximum absolute atomic E-state index is 13.4. The van der Waals surface area contributed by atoms with Gasteiger partial charge in [-0.05, 0) is 41.5 Å². The Bertz CT molecular complexity index is 1310. The highest BCUT2D eigenvalue weighted by molar-refractivity contribution is 5.99. The van der Waals surface area contributed by atoms with Gasteiger partial charge >= 0.3 is 0 Å². The molecule has 1 amide bonds. The molecule has 148 valence electrons. The largest absolute Gasteiger partial charge is 0.497 e. The third-order valence-corrected chi connectivity index (χ3v) is 5.36. The van der Waals surface area contributed by atoms with E-state index in [1.165, 1.54) is 0 Å². The number of pyridine rings is 1. The summed E-state index contributed by atoms with van der Waals surface area (Å²) < 4.78 is 11.3. The van der Waals surface area contributed by atoms with Crippen molar-refractivity contribution in [2.75, 3.05) is 7.11 Å². The van der Waals surface area contributed by atoms with E-state index in [-0.39, 0.29) is 17.1 Å². The van der Waals surface area contributed by atoms with Gasteiger partial charge in [0.1, 0.15) is 11.3 Å². The summed E-state index contributed by atoms with van der Waals surface area (Å²) >= 11 is 0. The molecule has 2 aromatic carbocycles. The third kappa shape index (κ3) is 2.85. The van der Waals surface area contributed by atoms with Crippen LogP contribution in [0.5, 0.6) is 5.75 Å². The first-order valence-electron chi connectivity index (χ1n) is 9.57. The number of rotatable bonds is 4. The van der Waals surface area contributed by atoms with Crippen LogP contribution in [-0.4, -0.2) is 22.9 Å². The average Bonchev–Trinajstić information content (AvgIpc) is 3.06. The molecule has 0 aliphatic carbocycles. The van der Waals surface area contributed by atoms with Crippen LogP contribution in [-0.2, 0) is 6.54 Å². The molecule has 0 saturated heterocycles. The zero-order valence-corrected chi connectivity index (χ0v) is 16.2. The molecule has 0 N–H and O–H groups in total. The fraction of sp³-hybridized carbons (Fsp3) is 0.125. The van der Waals surface area contributed by atoms with Crippen LogP contribution in [0, 0.1) is 0 Å². The van der Waals surface area contributed by atoms with Gasteiger partial charge in [-0.3, -0.25) is 14.6 Å². The molecule has 1 aliphatic rings. The van der Waals surface area contributed by atoms with E-state index in [0.717, 1.165) is 11.1 Å². The van der Waals surface area contributed by atoms with Crippen molar-refractivity contribution in [3.8, 4) is 5.75 Å². The Morgan fingerprint density at radius 1 is 1.07 bits per heavy atom. The summed E-state index contributed by atoms with van der Waals surface area (Å²) in [6, 6.07) is 17.5. The molecule has 0 bridgehead atoms. The number of hydrogen-bond donors (Lipinski definition) is 0. The minimum absolute atomic E-state index is 0.0930. The standard InChI is InChI=1S/C24H18N2O4/c1-29-17-8-4-7-16(12-17)21-20-22(27)18-9-2-3-10-19(18)30-23(20)24(28)26(21)14-15-6-5-11-25-13-15/h2-13,21H,14H2,1H3. The van der Waals surface area contributed by atoms with Crippen molar-refractivity contribution in [1.29, 1.82) is 0 Å². The van der Waals surface area contributed by atoms with E-state index in [1.807, 2.05) is 36.4 Å². The molecule has 1 atom stereocenters. The summed E-state index contributed by atoms with van der Waals surface area (Å²) in [5.74, 6) is 0.430. The first-order valence-corrected chi connectivity index (χ1v) is 9.57. The molecule has 0 spiro atoms. The van der Waals surface area contributed by atoms with Crippen molar-refractivity contribution in [1.82, 2.24) is 9.88 Å².